The second-order valence-corrected chi connectivity index (χ2v) is 7.73. The Morgan fingerprint density at radius 3 is 2.52 bits per heavy atom. The van der Waals surface area contributed by atoms with E-state index in [2.05, 4.69) is 11.6 Å². The van der Waals surface area contributed by atoms with Crippen LogP contribution in [0.3, 0.4) is 0 Å². The van der Waals surface area contributed by atoms with E-state index in [9.17, 15) is 13.5 Å². The molecule has 0 spiro atoms. The van der Waals surface area contributed by atoms with Crippen LogP contribution < -0.4 is 4.72 Å². The fourth-order valence-corrected chi connectivity index (χ4v) is 4.36. The Labute approximate surface area is 129 Å². The van der Waals surface area contributed by atoms with Gasteiger partial charge in [0.15, 0.2) is 0 Å². The van der Waals surface area contributed by atoms with E-state index in [-0.39, 0.29) is 18.0 Å². The standard InChI is InChI=1S/C15H19NO3S2/c1-3-13-7-8-14(20-13)9-16-21(18,19)15-6-4-5-12(10-17)11(15)2/h4-8,16-17H,3,9-10H2,1-2H3. The summed E-state index contributed by atoms with van der Waals surface area (Å²) in [5, 5.41) is 9.23. The van der Waals surface area contributed by atoms with Crippen molar-refractivity contribution in [2.24, 2.45) is 0 Å². The number of hydrogen-bond acceptors (Lipinski definition) is 4. The lowest BCUT2D eigenvalue weighted by molar-refractivity contribution is 0.280. The zero-order valence-electron chi connectivity index (χ0n) is 12.1. The molecule has 6 heteroatoms. The third-order valence-corrected chi connectivity index (χ3v) is 6.13. The molecule has 0 amide bonds. The fraction of sp³-hybridized carbons (Fsp3) is 0.333. The van der Waals surface area contributed by atoms with Gasteiger partial charge >= 0.3 is 0 Å². The molecule has 2 rings (SSSR count). The fourth-order valence-electron chi connectivity index (χ4n) is 2.07. The van der Waals surface area contributed by atoms with Crippen LogP contribution in [0.2, 0.25) is 0 Å². The van der Waals surface area contributed by atoms with E-state index < -0.39 is 10.0 Å². The first kappa shape index (κ1) is 16.2. The van der Waals surface area contributed by atoms with Gasteiger partial charge < -0.3 is 5.11 Å². The molecule has 21 heavy (non-hydrogen) atoms. The third kappa shape index (κ3) is 3.71. The van der Waals surface area contributed by atoms with Gasteiger partial charge in [-0.2, -0.15) is 0 Å². The van der Waals surface area contributed by atoms with Crippen LogP contribution in [0.25, 0.3) is 0 Å². The minimum Gasteiger partial charge on any atom is -0.392 e. The number of hydrogen-bond donors (Lipinski definition) is 2. The van der Waals surface area contributed by atoms with Crippen molar-refractivity contribution in [3.05, 3.63) is 51.2 Å². The van der Waals surface area contributed by atoms with Crippen LogP contribution in [0.4, 0.5) is 0 Å². The van der Waals surface area contributed by atoms with Crippen LogP contribution in [0, 0.1) is 6.92 Å². The predicted molar refractivity (Wildman–Crippen MR) is 84.8 cm³/mol. The SMILES string of the molecule is CCc1ccc(CNS(=O)(=O)c2cccc(CO)c2C)s1. The molecule has 4 nitrogen and oxygen atoms in total. The van der Waals surface area contributed by atoms with Crippen molar-refractivity contribution in [3.63, 3.8) is 0 Å². The van der Waals surface area contributed by atoms with Gasteiger partial charge in [-0.1, -0.05) is 19.1 Å². The number of benzene rings is 1. The maximum atomic E-state index is 12.4. The van der Waals surface area contributed by atoms with Gasteiger partial charge in [-0.05, 0) is 42.7 Å². The zero-order chi connectivity index (χ0) is 15.5. The molecule has 1 heterocycles. The highest BCUT2D eigenvalue weighted by Gasteiger charge is 2.18. The quantitative estimate of drug-likeness (QED) is 0.858. The number of sulfonamides is 1. The largest absolute Gasteiger partial charge is 0.392 e. The van der Waals surface area contributed by atoms with Gasteiger partial charge in [0, 0.05) is 16.3 Å². The first-order valence-corrected chi connectivity index (χ1v) is 9.04. The summed E-state index contributed by atoms with van der Waals surface area (Å²) in [5.74, 6) is 0. The maximum Gasteiger partial charge on any atom is 0.241 e. The van der Waals surface area contributed by atoms with Crippen LogP contribution in [-0.4, -0.2) is 13.5 Å². The Kier molecular flexibility index (Phi) is 5.16. The zero-order valence-corrected chi connectivity index (χ0v) is 13.7. The minimum atomic E-state index is -3.57. The lowest BCUT2D eigenvalue weighted by atomic mass is 10.1. The third-order valence-electron chi connectivity index (χ3n) is 3.36. The lowest BCUT2D eigenvalue weighted by Gasteiger charge is -2.11. The molecule has 0 saturated heterocycles. The highest BCUT2D eigenvalue weighted by atomic mass is 32.2. The minimum absolute atomic E-state index is 0.167. The Bertz CT molecular complexity index is 720. The van der Waals surface area contributed by atoms with E-state index in [0.717, 1.165) is 11.3 Å². The molecule has 114 valence electrons. The first-order chi connectivity index (χ1) is 9.97. The number of aliphatic hydroxyl groups is 1. The summed E-state index contributed by atoms with van der Waals surface area (Å²) < 4.78 is 27.4. The molecule has 0 aliphatic heterocycles. The maximum absolute atomic E-state index is 12.4. The highest BCUT2D eigenvalue weighted by molar-refractivity contribution is 7.89. The average molecular weight is 325 g/mol. The lowest BCUT2D eigenvalue weighted by Crippen LogP contribution is -2.23. The van der Waals surface area contributed by atoms with E-state index in [1.165, 1.54) is 4.88 Å². The van der Waals surface area contributed by atoms with Crippen molar-refractivity contribution < 1.29 is 13.5 Å². The average Bonchev–Trinajstić information content (AvgIpc) is 2.93. The number of rotatable bonds is 6. The van der Waals surface area contributed by atoms with Crippen LogP contribution in [0.1, 0.15) is 27.8 Å². The van der Waals surface area contributed by atoms with Gasteiger partial charge in [-0.15, -0.1) is 11.3 Å². The van der Waals surface area contributed by atoms with Gasteiger partial charge in [-0.3, -0.25) is 0 Å². The van der Waals surface area contributed by atoms with Gasteiger partial charge in [0.05, 0.1) is 11.5 Å². The number of aryl methyl sites for hydroxylation is 1. The van der Waals surface area contributed by atoms with E-state index in [0.29, 0.717) is 11.1 Å². The molecule has 0 aliphatic carbocycles. The molecule has 0 saturated carbocycles. The molecule has 0 aliphatic rings. The normalized spacial score (nSPS) is 11.8. The summed E-state index contributed by atoms with van der Waals surface area (Å²) in [7, 11) is -3.57. The van der Waals surface area contributed by atoms with Gasteiger partial charge in [-0.25, -0.2) is 13.1 Å². The molecule has 0 unspecified atom stereocenters. The second kappa shape index (κ2) is 6.70. The summed E-state index contributed by atoms with van der Waals surface area (Å²) >= 11 is 1.61. The summed E-state index contributed by atoms with van der Waals surface area (Å²) in [5.41, 5.74) is 1.22. The Morgan fingerprint density at radius 2 is 1.90 bits per heavy atom. The van der Waals surface area contributed by atoms with Crippen molar-refractivity contribution in [1.82, 2.24) is 4.72 Å². The van der Waals surface area contributed by atoms with Crippen molar-refractivity contribution in [3.8, 4) is 0 Å². The highest BCUT2D eigenvalue weighted by Crippen LogP contribution is 2.21. The van der Waals surface area contributed by atoms with Crippen molar-refractivity contribution in [2.45, 2.75) is 38.3 Å². The Balaban J connectivity index is 2.18. The second-order valence-electron chi connectivity index (χ2n) is 4.74. The van der Waals surface area contributed by atoms with Crippen LogP contribution in [-0.2, 0) is 29.6 Å². The summed E-state index contributed by atoms with van der Waals surface area (Å²) in [6.07, 6.45) is 0.953. The molecule has 2 N–H and O–H groups in total. The Morgan fingerprint density at radius 1 is 1.19 bits per heavy atom. The monoisotopic (exact) mass is 325 g/mol. The molecular weight excluding hydrogens is 306 g/mol. The molecular formula is C15H19NO3S2. The smallest absolute Gasteiger partial charge is 0.241 e. The predicted octanol–water partition coefficient (Wildman–Crippen LogP) is 2.59. The molecule has 2 aromatic rings. The molecule has 0 bridgehead atoms. The van der Waals surface area contributed by atoms with Gasteiger partial charge in [0.25, 0.3) is 0 Å². The van der Waals surface area contributed by atoms with Crippen LogP contribution >= 0.6 is 11.3 Å². The Hall–Kier alpha value is -1.21. The van der Waals surface area contributed by atoms with Crippen LogP contribution in [0.15, 0.2) is 35.2 Å². The van der Waals surface area contributed by atoms with Gasteiger partial charge in [0.1, 0.15) is 0 Å². The summed E-state index contributed by atoms with van der Waals surface area (Å²) in [6.45, 7) is 3.90. The topological polar surface area (TPSA) is 66.4 Å². The van der Waals surface area contributed by atoms with Crippen molar-refractivity contribution in [1.29, 1.82) is 0 Å². The van der Waals surface area contributed by atoms with Crippen LogP contribution in [0.5, 0.6) is 0 Å². The van der Waals surface area contributed by atoms with E-state index in [1.807, 2.05) is 12.1 Å². The molecule has 1 aromatic carbocycles. The molecule has 1 aromatic heterocycles. The van der Waals surface area contributed by atoms with E-state index >= 15 is 0 Å². The number of thiophene rings is 1. The van der Waals surface area contributed by atoms with E-state index in [1.54, 1.807) is 36.5 Å². The summed E-state index contributed by atoms with van der Waals surface area (Å²) in [6, 6.07) is 8.90. The number of aliphatic hydroxyl groups excluding tert-OH is 1. The van der Waals surface area contributed by atoms with Crippen molar-refractivity contribution >= 4 is 21.4 Å². The first-order valence-electron chi connectivity index (χ1n) is 6.74. The van der Waals surface area contributed by atoms with Gasteiger partial charge in [0.2, 0.25) is 10.0 Å². The molecule has 0 fully saturated rings. The summed E-state index contributed by atoms with van der Waals surface area (Å²) in [4.78, 5) is 2.45. The molecule has 0 atom stereocenters. The molecule has 0 radical (unpaired) electrons. The van der Waals surface area contributed by atoms with E-state index in [4.69, 9.17) is 0 Å². The number of nitrogens with one attached hydrogen (secondary N) is 1. The van der Waals surface area contributed by atoms with Crippen molar-refractivity contribution in [2.75, 3.05) is 0 Å².